The quantitative estimate of drug-likeness (QED) is 0.647. The van der Waals surface area contributed by atoms with E-state index in [1.54, 1.807) is 6.92 Å². The van der Waals surface area contributed by atoms with Gasteiger partial charge in [0.2, 0.25) is 0 Å². The number of hydrogen-bond donors (Lipinski definition) is 3. The second-order valence-corrected chi connectivity index (χ2v) is 3.14. The Morgan fingerprint density at radius 1 is 1.38 bits per heavy atom. The van der Waals surface area contributed by atoms with E-state index >= 15 is 0 Å². The summed E-state index contributed by atoms with van der Waals surface area (Å²) in [6.45, 7) is 1.62. The summed E-state index contributed by atoms with van der Waals surface area (Å²) >= 11 is 0. The van der Waals surface area contributed by atoms with Crippen molar-refractivity contribution in [1.29, 1.82) is 0 Å². The average molecular weight is 243 g/mol. The number of aliphatic hydroxyl groups is 1. The maximum atomic E-state index is 11.8. The topological polar surface area (TPSA) is 86.6 Å². The van der Waals surface area contributed by atoms with Crippen LogP contribution in [0.4, 0.5) is 13.2 Å². The van der Waals surface area contributed by atoms with Crippen LogP contribution in [-0.2, 0) is 9.59 Å². The smallest absolute Gasteiger partial charge is 0.471 e. The lowest BCUT2D eigenvalue weighted by Crippen LogP contribution is -2.52. The molecule has 0 aliphatic rings. The second kappa shape index (κ2) is 5.69. The number of aliphatic carboxylic acids is 1. The van der Waals surface area contributed by atoms with Crippen LogP contribution in [0.3, 0.4) is 0 Å². The Balaban J connectivity index is 4.58. The van der Waals surface area contributed by atoms with E-state index in [2.05, 4.69) is 0 Å². The fraction of sp³-hybridized carbons (Fsp3) is 0.750. The van der Waals surface area contributed by atoms with E-state index in [-0.39, 0.29) is 6.42 Å². The van der Waals surface area contributed by atoms with E-state index in [1.165, 1.54) is 5.32 Å². The zero-order valence-corrected chi connectivity index (χ0v) is 8.41. The van der Waals surface area contributed by atoms with Gasteiger partial charge in [-0.15, -0.1) is 0 Å². The van der Waals surface area contributed by atoms with Crippen LogP contribution >= 0.6 is 0 Å². The number of halogens is 3. The number of rotatable bonds is 5. The van der Waals surface area contributed by atoms with Crippen molar-refractivity contribution in [2.45, 2.75) is 38.1 Å². The van der Waals surface area contributed by atoms with E-state index < -0.39 is 30.2 Å². The third kappa shape index (κ3) is 4.47. The third-order valence-corrected chi connectivity index (χ3v) is 1.78. The molecule has 1 amide bonds. The largest absolute Gasteiger partial charge is 0.480 e. The molecule has 0 saturated heterocycles. The number of carbonyl (C=O) groups excluding carboxylic acids is 1. The van der Waals surface area contributed by atoms with Gasteiger partial charge in [-0.1, -0.05) is 13.3 Å². The van der Waals surface area contributed by atoms with Crippen LogP contribution in [-0.4, -0.2) is 40.4 Å². The lowest BCUT2D eigenvalue weighted by molar-refractivity contribution is -0.176. The first-order chi connectivity index (χ1) is 7.20. The molecule has 2 unspecified atom stereocenters. The number of carbonyl (C=O) groups is 2. The van der Waals surface area contributed by atoms with Crippen molar-refractivity contribution >= 4 is 11.9 Å². The highest BCUT2D eigenvalue weighted by atomic mass is 19.4. The summed E-state index contributed by atoms with van der Waals surface area (Å²) in [5, 5.41) is 19.0. The molecule has 3 N–H and O–H groups in total. The molecule has 0 aromatic rings. The van der Waals surface area contributed by atoms with E-state index in [4.69, 9.17) is 5.11 Å². The van der Waals surface area contributed by atoms with E-state index in [1.807, 2.05) is 0 Å². The molecule has 0 aliphatic carbocycles. The number of carboxylic acids is 1. The standard InChI is InChI=1S/C8H12F3NO4/c1-2-3-4(13)5(6(14)15)12-7(16)8(9,10)11/h4-5,13H,2-3H2,1H3,(H,12,16)(H,14,15). The lowest BCUT2D eigenvalue weighted by Gasteiger charge is -2.20. The van der Waals surface area contributed by atoms with Crippen molar-refractivity contribution in [3.8, 4) is 0 Å². The molecule has 16 heavy (non-hydrogen) atoms. The fourth-order valence-corrected chi connectivity index (χ4v) is 1.01. The molecule has 8 heteroatoms. The Labute approximate surface area is 89.3 Å². The number of aliphatic hydroxyl groups excluding tert-OH is 1. The summed E-state index contributed by atoms with van der Waals surface area (Å²) < 4.78 is 35.5. The fourth-order valence-electron chi connectivity index (χ4n) is 1.01. The Morgan fingerprint density at radius 2 is 1.88 bits per heavy atom. The number of alkyl halides is 3. The third-order valence-electron chi connectivity index (χ3n) is 1.78. The Kier molecular flexibility index (Phi) is 5.22. The van der Waals surface area contributed by atoms with Gasteiger partial charge in [0.05, 0.1) is 6.10 Å². The molecule has 2 atom stereocenters. The maximum absolute atomic E-state index is 11.8. The highest BCUT2D eigenvalue weighted by Gasteiger charge is 2.42. The van der Waals surface area contributed by atoms with Gasteiger partial charge in [-0.3, -0.25) is 4.79 Å². The molecule has 0 fully saturated rings. The summed E-state index contributed by atoms with van der Waals surface area (Å²) in [5.74, 6) is -4.09. The number of nitrogens with one attached hydrogen (secondary N) is 1. The van der Waals surface area contributed by atoms with Gasteiger partial charge < -0.3 is 15.5 Å². The Hall–Kier alpha value is -1.31. The molecule has 94 valence electrons. The minimum atomic E-state index is -5.17. The molecular formula is C8H12F3NO4. The molecule has 0 rings (SSSR count). The van der Waals surface area contributed by atoms with Gasteiger partial charge in [0.1, 0.15) is 0 Å². The first-order valence-electron chi connectivity index (χ1n) is 4.48. The zero-order valence-electron chi connectivity index (χ0n) is 8.41. The van der Waals surface area contributed by atoms with Crippen molar-refractivity contribution < 1.29 is 33.0 Å². The Morgan fingerprint density at radius 3 is 2.19 bits per heavy atom. The first kappa shape index (κ1) is 14.7. The summed E-state index contributed by atoms with van der Waals surface area (Å²) in [6, 6.07) is -1.95. The second-order valence-electron chi connectivity index (χ2n) is 3.14. The van der Waals surface area contributed by atoms with Crippen molar-refractivity contribution in [2.75, 3.05) is 0 Å². The van der Waals surface area contributed by atoms with Crippen LogP contribution in [0.2, 0.25) is 0 Å². The van der Waals surface area contributed by atoms with Gasteiger partial charge in [0.15, 0.2) is 6.04 Å². The minimum Gasteiger partial charge on any atom is -0.480 e. The Bertz CT molecular complexity index is 266. The molecule has 0 aliphatic heterocycles. The number of carboxylic acid groups (broad SMARTS) is 1. The molecule has 0 aromatic carbocycles. The van der Waals surface area contributed by atoms with Gasteiger partial charge in [0.25, 0.3) is 0 Å². The summed E-state index contributed by atoms with van der Waals surface area (Å²) in [4.78, 5) is 21.0. The highest BCUT2D eigenvalue weighted by molar-refractivity contribution is 5.87. The zero-order chi connectivity index (χ0) is 12.9. The van der Waals surface area contributed by atoms with Crippen LogP contribution in [0.5, 0.6) is 0 Å². The van der Waals surface area contributed by atoms with E-state index in [0.717, 1.165) is 0 Å². The van der Waals surface area contributed by atoms with Crippen LogP contribution in [0.1, 0.15) is 19.8 Å². The number of amides is 1. The predicted molar refractivity (Wildman–Crippen MR) is 46.5 cm³/mol. The van der Waals surface area contributed by atoms with Crippen LogP contribution in [0.15, 0.2) is 0 Å². The van der Waals surface area contributed by atoms with Gasteiger partial charge in [-0.05, 0) is 6.42 Å². The van der Waals surface area contributed by atoms with E-state index in [0.29, 0.717) is 6.42 Å². The van der Waals surface area contributed by atoms with Crippen LogP contribution in [0.25, 0.3) is 0 Å². The number of hydrogen-bond acceptors (Lipinski definition) is 3. The van der Waals surface area contributed by atoms with Gasteiger partial charge in [0, 0.05) is 0 Å². The maximum Gasteiger partial charge on any atom is 0.471 e. The molecule has 0 radical (unpaired) electrons. The average Bonchev–Trinajstić information content (AvgIpc) is 2.11. The SMILES string of the molecule is CCCC(O)C(NC(=O)C(F)(F)F)C(=O)O. The predicted octanol–water partition coefficient (Wildman–Crippen LogP) is 0.279. The monoisotopic (exact) mass is 243 g/mol. The van der Waals surface area contributed by atoms with Crippen molar-refractivity contribution in [1.82, 2.24) is 5.32 Å². The molecule has 0 spiro atoms. The molecule has 0 bridgehead atoms. The lowest BCUT2D eigenvalue weighted by atomic mass is 10.1. The van der Waals surface area contributed by atoms with Crippen LogP contribution < -0.4 is 5.32 Å². The van der Waals surface area contributed by atoms with Crippen molar-refractivity contribution in [2.24, 2.45) is 0 Å². The molecular weight excluding hydrogens is 231 g/mol. The van der Waals surface area contributed by atoms with Crippen LogP contribution in [0, 0.1) is 0 Å². The van der Waals surface area contributed by atoms with Gasteiger partial charge in [-0.2, -0.15) is 13.2 Å². The summed E-state index contributed by atoms with van der Waals surface area (Å²) in [7, 11) is 0. The van der Waals surface area contributed by atoms with E-state index in [9.17, 15) is 27.9 Å². The normalized spacial score (nSPS) is 15.3. The molecule has 0 saturated carbocycles. The minimum absolute atomic E-state index is 0.0187. The summed E-state index contributed by atoms with van der Waals surface area (Å²) in [6.07, 6.45) is -6.35. The molecule has 0 heterocycles. The molecule has 5 nitrogen and oxygen atoms in total. The van der Waals surface area contributed by atoms with Crippen molar-refractivity contribution in [3.63, 3.8) is 0 Å². The highest BCUT2D eigenvalue weighted by Crippen LogP contribution is 2.15. The summed E-state index contributed by atoms with van der Waals surface area (Å²) in [5.41, 5.74) is 0. The molecule has 0 aromatic heterocycles. The first-order valence-corrected chi connectivity index (χ1v) is 4.48. The van der Waals surface area contributed by atoms with Crippen molar-refractivity contribution in [3.05, 3.63) is 0 Å². The van der Waals surface area contributed by atoms with Gasteiger partial charge >= 0.3 is 18.1 Å². The van der Waals surface area contributed by atoms with Gasteiger partial charge in [-0.25, -0.2) is 4.79 Å².